The number of nitrogens with two attached hydrogens (primary N) is 1. The number of carbonyl (C=O) groups is 1. The van der Waals surface area contributed by atoms with E-state index in [1.807, 2.05) is 13.8 Å². The van der Waals surface area contributed by atoms with E-state index < -0.39 is 0 Å². The largest absolute Gasteiger partial charge is 0.330 e. The van der Waals surface area contributed by atoms with Gasteiger partial charge in [-0.05, 0) is 20.4 Å². The molecule has 0 unspecified atom stereocenters. The minimum Gasteiger partial charge on any atom is -0.330 e. The summed E-state index contributed by atoms with van der Waals surface area (Å²) in [5.41, 5.74) is 5.78. The molecule has 14 heavy (non-hydrogen) atoms. The van der Waals surface area contributed by atoms with Crippen LogP contribution in [0.1, 0.15) is 36.8 Å². The maximum absolute atomic E-state index is 11.6. The zero-order valence-electron chi connectivity index (χ0n) is 8.33. The quantitative estimate of drug-likeness (QED) is 0.777. The molecule has 0 aliphatic rings. The van der Waals surface area contributed by atoms with E-state index >= 15 is 0 Å². The molecule has 0 aromatic carbocycles. The Kier molecular flexibility index (Phi) is 3.66. The average molecular weight is 216 g/mol. The van der Waals surface area contributed by atoms with Crippen molar-refractivity contribution in [2.45, 2.75) is 26.3 Å². The van der Waals surface area contributed by atoms with Gasteiger partial charge in [-0.1, -0.05) is 11.6 Å². The summed E-state index contributed by atoms with van der Waals surface area (Å²) >= 11 is 5.87. The highest BCUT2D eigenvalue weighted by atomic mass is 35.5. The SMILES string of the molecule is CC(C)n1ncc(Cl)c1C(=O)CCN. The van der Waals surface area contributed by atoms with Crippen molar-refractivity contribution in [2.24, 2.45) is 5.73 Å². The van der Waals surface area contributed by atoms with Crippen LogP contribution in [0.3, 0.4) is 0 Å². The highest BCUT2D eigenvalue weighted by molar-refractivity contribution is 6.33. The molecule has 78 valence electrons. The number of ketones is 1. The highest BCUT2D eigenvalue weighted by Crippen LogP contribution is 2.20. The van der Waals surface area contributed by atoms with E-state index in [2.05, 4.69) is 5.10 Å². The first kappa shape index (κ1) is 11.2. The predicted molar refractivity (Wildman–Crippen MR) is 55.6 cm³/mol. The van der Waals surface area contributed by atoms with Crippen molar-refractivity contribution in [1.29, 1.82) is 0 Å². The van der Waals surface area contributed by atoms with Gasteiger partial charge in [0.25, 0.3) is 0 Å². The van der Waals surface area contributed by atoms with E-state index in [4.69, 9.17) is 17.3 Å². The van der Waals surface area contributed by atoms with Gasteiger partial charge >= 0.3 is 0 Å². The lowest BCUT2D eigenvalue weighted by Crippen LogP contribution is -2.15. The normalized spacial score (nSPS) is 10.9. The van der Waals surface area contributed by atoms with E-state index in [1.165, 1.54) is 6.20 Å². The van der Waals surface area contributed by atoms with Gasteiger partial charge < -0.3 is 5.73 Å². The lowest BCUT2D eigenvalue weighted by molar-refractivity contribution is 0.0973. The summed E-state index contributed by atoms with van der Waals surface area (Å²) in [7, 11) is 0. The summed E-state index contributed by atoms with van der Waals surface area (Å²) in [5, 5.41) is 4.44. The molecule has 1 heterocycles. The summed E-state index contributed by atoms with van der Waals surface area (Å²) in [4.78, 5) is 11.6. The fourth-order valence-electron chi connectivity index (χ4n) is 1.24. The van der Waals surface area contributed by atoms with E-state index in [0.29, 0.717) is 23.7 Å². The van der Waals surface area contributed by atoms with Crippen LogP contribution in [0, 0.1) is 0 Å². The Labute approximate surface area is 88.0 Å². The van der Waals surface area contributed by atoms with Crippen molar-refractivity contribution in [3.63, 3.8) is 0 Å². The Morgan fingerprint density at radius 2 is 2.36 bits per heavy atom. The van der Waals surface area contributed by atoms with Gasteiger partial charge in [-0.25, -0.2) is 0 Å². The molecule has 1 aromatic heterocycles. The van der Waals surface area contributed by atoms with Gasteiger partial charge in [-0.15, -0.1) is 0 Å². The molecular formula is C9H14ClN3O. The molecule has 0 saturated heterocycles. The maximum Gasteiger partial charge on any atom is 0.183 e. The van der Waals surface area contributed by atoms with Gasteiger partial charge in [0.1, 0.15) is 5.69 Å². The minimum atomic E-state index is -0.0521. The molecule has 0 atom stereocenters. The van der Waals surface area contributed by atoms with Crippen LogP contribution in [-0.2, 0) is 0 Å². The Morgan fingerprint density at radius 3 is 2.86 bits per heavy atom. The zero-order valence-corrected chi connectivity index (χ0v) is 9.08. The zero-order chi connectivity index (χ0) is 10.7. The van der Waals surface area contributed by atoms with E-state index in [1.54, 1.807) is 4.68 Å². The standard InChI is InChI=1S/C9H14ClN3O/c1-6(2)13-9(7(10)5-12-13)8(14)3-4-11/h5-6H,3-4,11H2,1-2H3. The van der Waals surface area contributed by atoms with Crippen LogP contribution >= 0.6 is 11.6 Å². The molecule has 0 saturated carbocycles. The first-order valence-electron chi connectivity index (χ1n) is 4.54. The van der Waals surface area contributed by atoms with Gasteiger partial charge in [-0.3, -0.25) is 9.48 Å². The van der Waals surface area contributed by atoms with Gasteiger partial charge in [0.15, 0.2) is 5.78 Å². The third-order valence-corrected chi connectivity index (χ3v) is 2.15. The molecule has 1 aromatic rings. The van der Waals surface area contributed by atoms with Crippen molar-refractivity contribution >= 4 is 17.4 Å². The van der Waals surface area contributed by atoms with Crippen LogP contribution in [0.5, 0.6) is 0 Å². The van der Waals surface area contributed by atoms with Crippen molar-refractivity contribution in [3.8, 4) is 0 Å². The number of rotatable bonds is 4. The number of hydrogen-bond donors (Lipinski definition) is 1. The van der Waals surface area contributed by atoms with Crippen molar-refractivity contribution < 1.29 is 4.79 Å². The molecule has 1 rings (SSSR count). The average Bonchev–Trinajstić information content (AvgIpc) is 2.47. The molecule has 0 radical (unpaired) electrons. The van der Waals surface area contributed by atoms with E-state index in [9.17, 15) is 4.79 Å². The second-order valence-corrected chi connectivity index (χ2v) is 3.75. The van der Waals surface area contributed by atoms with Crippen molar-refractivity contribution in [3.05, 3.63) is 16.9 Å². The summed E-state index contributed by atoms with van der Waals surface area (Å²) in [6.07, 6.45) is 1.80. The van der Waals surface area contributed by atoms with Gasteiger partial charge in [-0.2, -0.15) is 5.10 Å². The molecule has 0 fully saturated rings. The molecule has 5 heteroatoms. The number of hydrogen-bond acceptors (Lipinski definition) is 3. The van der Waals surface area contributed by atoms with E-state index in [0.717, 1.165) is 0 Å². The summed E-state index contributed by atoms with van der Waals surface area (Å²) in [6, 6.07) is 0.124. The molecule has 0 aliphatic heterocycles. The Morgan fingerprint density at radius 1 is 1.71 bits per heavy atom. The van der Waals surface area contributed by atoms with Crippen molar-refractivity contribution in [1.82, 2.24) is 9.78 Å². The first-order chi connectivity index (χ1) is 6.57. The Hall–Kier alpha value is -0.870. The predicted octanol–water partition coefficient (Wildman–Crippen LogP) is 1.65. The Bertz CT molecular complexity index is 333. The van der Waals surface area contributed by atoms with Crippen LogP contribution in [0.25, 0.3) is 0 Å². The number of aromatic nitrogens is 2. The molecule has 0 spiro atoms. The van der Waals surface area contributed by atoms with Crippen LogP contribution < -0.4 is 5.73 Å². The van der Waals surface area contributed by atoms with Gasteiger partial charge in [0.05, 0.1) is 11.2 Å². The minimum absolute atomic E-state index is 0.0521. The molecule has 0 aliphatic carbocycles. The summed E-state index contributed by atoms with van der Waals surface area (Å²) in [5.74, 6) is -0.0521. The third kappa shape index (κ3) is 2.13. The number of halogens is 1. The van der Waals surface area contributed by atoms with Crippen LogP contribution in [0.4, 0.5) is 0 Å². The van der Waals surface area contributed by atoms with Crippen molar-refractivity contribution in [2.75, 3.05) is 6.54 Å². The molecule has 4 nitrogen and oxygen atoms in total. The molecule has 2 N–H and O–H groups in total. The Balaban J connectivity index is 3.04. The third-order valence-electron chi connectivity index (χ3n) is 1.88. The summed E-state index contributed by atoms with van der Waals surface area (Å²) < 4.78 is 1.63. The van der Waals surface area contributed by atoms with Gasteiger partial charge in [0, 0.05) is 12.5 Å². The lowest BCUT2D eigenvalue weighted by Gasteiger charge is -2.09. The number of nitrogens with zero attached hydrogens (tertiary/aromatic N) is 2. The summed E-state index contributed by atoms with van der Waals surface area (Å²) in [6.45, 7) is 4.23. The van der Waals surface area contributed by atoms with Crippen LogP contribution in [-0.4, -0.2) is 22.1 Å². The maximum atomic E-state index is 11.6. The topological polar surface area (TPSA) is 60.9 Å². The number of carbonyl (C=O) groups excluding carboxylic acids is 1. The molecular weight excluding hydrogens is 202 g/mol. The fraction of sp³-hybridized carbons (Fsp3) is 0.556. The van der Waals surface area contributed by atoms with Gasteiger partial charge in [0.2, 0.25) is 0 Å². The second-order valence-electron chi connectivity index (χ2n) is 3.34. The van der Waals surface area contributed by atoms with Crippen LogP contribution in [0.15, 0.2) is 6.20 Å². The highest BCUT2D eigenvalue weighted by Gasteiger charge is 2.17. The van der Waals surface area contributed by atoms with E-state index in [-0.39, 0.29) is 11.8 Å². The molecule has 0 bridgehead atoms. The second kappa shape index (κ2) is 4.57. The monoisotopic (exact) mass is 215 g/mol. The molecule has 0 amide bonds. The fourth-order valence-corrected chi connectivity index (χ4v) is 1.48. The smallest absolute Gasteiger partial charge is 0.183 e. The lowest BCUT2D eigenvalue weighted by atomic mass is 10.2. The first-order valence-corrected chi connectivity index (χ1v) is 4.92. The van der Waals surface area contributed by atoms with Crippen LogP contribution in [0.2, 0.25) is 5.02 Å². The number of Topliss-reactive ketones (excluding diaryl/α,β-unsaturated/α-hetero) is 1.